The van der Waals surface area contributed by atoms with Gasteiger partial charge in [-0.1, -0.05) is 0 Å². The van der Waals surface area contributed by atoms with Crippen LogP contribution in [-0.4, -0.2) is 11.0 Å². The Morgan fingerprint density at radius 2 is 0.800 bits per heavy atom. The molecular weight excluding hydrogens is 135 g/mol. The monoisotopic (exact) mass is 144 g/mol. The SMILES string of the molecule is [CH3-].[CH3-].[Cl-].[SiH3].[Ti+3]. The van der Waals surface area contributed by atoms with Crippen LogP contribution in [0, 0.1) is 14.9 Å². The molecule has 0 spiro atoms. The molecule has 0 aliphatic carbocycles. The predicted molar refractivity (Wildman–Crippen MR) is 22.8 cm³/mol. The zero-order chi connectivity index (χ0) is 0. The second-order valence-corrected chi connectivity index (χ2v) is 0. The molecule has 0 saturated carbocycles. The summed E-state index contributed by atoms with van der Waals surface area (Å²) in [5.74, 6) is 0. The van der Waals surface area contributed by atoms with Gasteiger partial charge in [0.15, 0.2) is 0 Å². The van der Waals surface area contributed by atoms with E-state index < -0.39 is 0 Å². The largest absolute Gasteiger partial charge is 3.00 e. The van der Waals surface area contributed by atoms with Crippen LogP contribution in [0.3, 0.4) is 0 Å². The van der Waals surface area contributed by atoms with Crippen LogP contribution in [0.15, 0.2) is 0 Å². The fourth-order valence-electron chi connectivity index (χ4n) is 0. The van der Waals surface area contributed by atoms with E-state index in [1.165, 1.54) is 0 Å². The van der Waals surface area contributed by atoms with E-state index in [4.69, 9.17) is 0 Å². The number of halogens is 1. The summed E-state index contributed by atoms with van der Waals surface area (Å²) >= 11 is 0. The molecule has 0 fully saturated rings. The first-order valence-electron chi connectivity index (χ1n) is 0. The summed E-state index contributed by atoms with van der Waals surface area (Å²) in [6, 6.07) is 0. The van der Waals surface area contributed by atoms with Crippen molar-refractivity contribution in [2.24, 2.45) is 0 Å². The minimum atomic E-state index is 0. The van der Waals surface area contributed by atoms with E-state index in [1.807, 2.05) is 0 Å². The standard InChI is InChI=1S/2CH3.ClH.H3Si.Ti/h2*1H3;1H;1H3;/q2*-1;;;+3/p-1. The van der Waals surface area contributed by atoms with Gasteiger partial charge in [-0.15, -0.1) is 0 Å². The molecule has 2 radical (unpaired) electrons. The van der Waals surface area contributed by atoms with Gasteiger partial charge in [-0.05, 0) is 11.0 Å². The normalized spacial score (nSPS) is 0. The average Bonchev–Trinajstić information content (AvgIpc) is 0. The van der Waals surface area contributed by atoms with Crippen LogP contribution in [0.4, 0.5) is 0 Å². The Bertz CT molecular complexity index is 9.61. The van der Waals surface area contributed by atoms with Gasteiger partial charge in [0.05, 0.1) is 0 Å². The van der Waals surface area contributed by atoms with E-state index in [2.05, 4.69) is 0 Å². The van der Waals surface area contributed by atoms with E-state index in [9.17, 15) is 0 Å². The second-order valence-electron chi connectivity index (χ2n) is 0. The fourth-order valence-corrected chi connectivity index (χ4v) is 0. The minimum Gasteiger partial charge on any atom is -1.00 e. The van der Waals surface area contributed by atoms with E-state index in [0.717, 1.165) is 0 Å². The molecule has 0 bridgehead atoms. The summed E-state index contributed by atoms with van der Waals surface area (Å²) < 4.78 is 0. The van der Waals surface area contributed by atoms with Crippen LogP contribution in [0.5, 0.6) is 0 Å². The van der Waals surface area contributed by atoms with Crippen molar-refractivity contribution in [3.63, 3.8) is 0 Å². The topological polar surface area (TPSA) is 0 Å². The van der Waals surface area contributed by atoms with Gasteiger partial charge < -0.3 is 27.3 Å². The number of rotatable bonds is 0. The average molecular weight is 144 g/mol. The van der Waals surface area contributed by atoms with E-state index in [-0.39, 0.29) is 59.9 Å². The van der Waals surface area contributed by atoms with Crippen molar-refractivity contribution in [2.45, 2.75) is 0 Å². The smallest absolute Gasteiger partial charge is 1.00 e. The van der Waals surface area contributed by atoms with Gasteiger partial charge in [-0.3, -0.25) is 0 Å². The number of hydrogen-bond donors (Lipinski definition) is 0. The van der Waals surface area contributed by atoms with Crippen molar-refractivity contribution in [1.82, 2.24) is 0 Å². The summed E-state index contributed by atoms with van der Waals surface area (Å²) in [4.78, 5) is 0. The molecule has 0 aromatic rings. The summed E-state index contributed by atoms with van der Waals surface area (Å²) in [7, 11) is 0. The van der Waals surface area contributed by atoms with E-state index in [0.29, 0.717) is 0 Å². The third-order valence-electron chi connectivity index (χ3n) is 0. The molecule has 0 N–H and O–H groups in total. The van der Waals surface area contributed by atoms with Crippen LogP contribution in [0.2, 0.25) is 0 Å². The van der Waals surface area contributed by atoms with Crippen molar-refractivity contribution in [1.29, 1.82) is 0 Å². The maximum absolute atomic E-state index is 0. The Labute approximate surface area is 60.0 Å². The third-order valence-corrected chi connectivity index (χ3v) is 0. The molecule has 5 heavy (non-hydrogen) atoms. The van der Waals surface area contributed by atoms with E-state index >= 15 is 0 Å². The molecule has 0 saturated heterocycles. The molecule has 0 rings (SSSR count). The Hall–Kier alpha value is 1.22. The van der Waals surface area contributed by atoms with Crippen LogP contribution < -0.4 is 12.4 Å². The molecule has 0 heterocycles. The van der Waals surface area contributed by atoms with Gasteiger partial charge in [-0.2, -0.15) is 0 Å². The van der Waals surface area contributed by atoms with Gasteiger partial charge in [0.1, 0.15) is 0 Å². The molecule has 0 nitrogen and oxygen atoms in total. The second kappa shape index (κ2) is 62.4. The molecule has 0 amide bonds. The van der Waals surface area contributed by atoms with Gasteiger partial charge in [0.2, 0.25) is 0 Å². The maximum Gasteiger partial charge on any atom is 3.00 e. The maximum atomic E-state index is 0. The Morgan fingerprint density at radius 1 is 0.800 bits per heavy atom. The van der Waals surface area contributed by atoms with Crippen LogP contribution in [0.25, 0.3) is 0 Å². The minimum absolute atomic E-state index is 0. The molecule has 3 heteroatoms. The van der Waals surface area contributed by atoms with Crippen molar-refractivity contribution in [2.75, 3.05) is 0 Å². The third kappa shape index (κ3) is 36.3. The van der Waals surface area contributed by atoms with Crippen molar-refractivity contribution < 1.29 is 34.1 Å². The molecular formula is C2H9ClSiTi. The Balaban J connectivity index is 0. The van der Waals surface area contributed by atoms with Crippen LogP contribution >= 0.6 is 0 Å². The summed E-state index contributed by atoms with van der Waals surface area (Å²) in [5, 5.41) is 0. The molecule has 0 aromatic heterocycles. The summed E-state index contributed by atoms with van der Waals surface area (Å²) in [5.41, 5.74) is 0. The van der Waals surface area contributed by atoms with Gasteiger partial charge in [0.25, 0.3) is 0 Å². The van der Waals surface area contributed by atoms with Crippen molar-refractivity contribution in [3.05, 3.63) is 14.9 Å². The van der Waals surface area contributed by atoms with Crippen molar-refractivity contribution >= 4 is 11.0 Å². The first-order valence-corrected chi connectivity index (χ1v) is 0. The molecule has 0 aliphatic heterocycles. The number of hydrogen-bond acceptors (Lipinski definition) is 0. The Kier molecular flexibility index (Phi) is 1420. The first-order chi connectivity index (χ1) is 0. The Morgan fingerprint density at radius 3 is 0.800 bits per heavy atom. The van der Waals surface area contributed by atoms with Gasteiger partial charge in [0, 0.05) is 0 Å². The van der Waals surface area contributed by atoms with Crippen LogP contribution in [-0.2, 0) is 21.7 Å². The van der Waals surface area contributed by atoms with E-state index in [1.54, 1.807) is 0 Å². The summed E-state index contributed by atoms with van der Waals surface area (Å²) in [6.07, 6.45) is 0. The quantitative estimate of drug-likeness (QED) is 0.247. The zero-order valence-electron chi connectivity index (χ0n) is 3.88. The van der Waals surface area contributed by atoms with Gasteiger partial charge >= 0.3 is 21.7 Å². The van der Waals surface area contributed by atoms with Crippen LogP contribution in [0.1, 0.15) is 0 Å². The van der Waals surface area contributed by atoms with Gasteiger partial charge in [-0.25, -0.2) is 0 Å². The molecule has 0 aromatic carbocycles. The summed E-state index contributed by atoms with van der Waals surface area (Å²) in [6.45, 7) is 0. The molecule has 0 unspecified atom stereocenters. The molecule has 0 atom stereocenters. The first kappa shape index (κ1) is 114. The molecule has 0 aliphatic rings. The molecule has 32 valence electrons. The predicted octanol–water partition coefficient (Wildman–Crippen LogP) is -3.28. The van der Waals surface area contributed by atoms with Crippen molar-refractivity contribution in [3.8, 4) is 0 Å². The zero-order valence-corrected chi connectivity index (χ0v) is 8.20. The fraction of sp³-hybridized carbons (Fsp3) is 0.